The summed E-state index contributed by atoms with van der Waals surface area (Å²) >= 11 is 0. The second-order valence-electron chi connectivity index (χ2n) is 6.59. The monoisotopic (exact) mass is 354 g/mol. The van der Waals surface area contributed by atoms with E-state index in [9.17, 15) is 4.79 Å². The Labute approximate surface area is 152 Å². The third kappa shape index (κ3) is 3.26. The number of likely N-dealkylation sites (tertiary alicyclic amines) is 1. The van der Waals surface area contributed by atoms with Gasteiger partial charge in [0.2, 0.25) is 0 Å². The van der Waals surface area contributed by atoms with E-state index in [-0.39, 0.29) is 23.5 Å². The Balaban J connectivity index is 1.44. The number of nitrogens with two attached hydrogens (primary N) is 1. The molecule has 2 aliphatic heterocycles. The Morgan fingerprint density at radius 1 is 1.12 bits per heavy atom. The molecular formula is C18H22N6O2. The van der Waals surface area contributed by atoms with Crippen LogP contribution in [0.1, 0.15) is 29.8 Å². The summed E-state index contributed by atoms with van der Waals surface area (Å²) in [6.07, 6.45) is 7.81. The molecular weight excluding hydrogens is 332 g/mol. The van der Waals surface area contributed by atoms with Crippen molar-refractivity contribution in [1.29, 1.82) is 0 Å². The molecule has 2 aromatic heterocycles. The van der Waals surface area contributed by atoms with Gasteiger partial charge < -0.3 is 20.3 Å². The van der Waals surface area contributed by atoms with E-state index >= 15 is 0 Å². The van der Waals surface area contributed by atoms with E-state index in [0.717, 1.165) is 31.1 Å². The molecule has 8 heteroatoms. The van der Waals surface area contributed by atoms with Crippen molar-refractivity contribution in [3.8, 4) is 5.75 Å². The molecule has 2 aliphatic rings. The normalized spacial score (nSPS) is 19.8. The Kier molecular flexibility index (Phi) is 4.55. The van der Waals surface area contributed by atoms with Crippen LogP contribution in [0.15, 0.2) is 30.7 Å². The van der Waals surface area contributed by atoms with Crippen molar-refractivity contribution in [1.82, 2.24) is 19.9 Å². The molecule has 0 radical (unpaired) electrons. The van der Waals surface area contributed by atoms with Crippen LogP contribution in [-0.2, 0) is 0 Å². The summed E-state index contributed by atoms with van der Waals surface area (Å²) in [5.41, 5.74) is 5.97. The smallest absolute Gasteiger partial charge is 0.276 e. The number of hydrogen-bond donors (Lipinski definition) is 1. The molecule has 136 valence electrons. The summed E-state index contributed by atoms with van der Waals surface area (Å²) in [6.45, 7) is 3.13. The summed E-state index contributed by atoms with van der Waals surface area (Å²) < 4.78 is 6.20. The molecule has 4 heterocycles. The maximum absolute atomic E-state index is 12.6. The van der Waals surface area contributed by atoms with Gasteiger partial charge in [-0.05, 0) is 25.0 Å². The number of hydrogen-bond acceptors (Lipinski definition) is 7. The van der Waals surface area contributed by atoms with Gasteiger partial charge in [-0.2, -0.15) is 0 Å². The summed E-state index contributed by atoms with van der Waals surface area (Å²) in [6, 6.07) is 3.83. The van der Waals surface area contributed by atoms with Crippen LogP contribution in [0.5, 0.6) is 5.75 Å². The molecule has 0 spiro atoms. The second-order valence-corrected chi connectivity index (χ2v) is 6.59. The Bertz CT molecular complexity index is 793. The molecule has 0 aliphatic carbocycles. The van der Waals surface area contributed by atoms with Gasteiger partial charge in [-0.15, -0.1) is 0 Å². The average molecular weight is 354 g/mol. The SMILES string of the molecule is Nc1nccnc1C(=O)N1CC[C@@H](Oc2cccnc2N2CCCC2)C1. The highest BCUT2D eigenvalue weighted by atomic mass is 16.5. The van der Waals surface area contributed by atoms with Crippen LogP contribution < -0.4 is 15.4 Å². The van der Waals surface area contributed by atoms with Crippen LogP contribution in [-0.4, -0.2) is 58.0 Å². The predicted octanol–water partition coefficient (Wildman–Crippen LogP) is 1.35. The van der Waals surface area contributed by atoms with Gasteiger partial charge in [0.1, 0.15) is 6.10 Å². The fourth-order valence-electron chi connectivity index (χ4n) is 3.49. The molecule has 0 aromatic carbocycles. The molecule has 8 nitrogen and oxygen atoms in total. The van der Waals surface area contributed by atoms with Crippen LogP contribution in [0.25, 0.3) is 0 Å². The van der Waals surface area contributed by atoms with Crippen molar-refractivity contribution in [3.63, 3.8) is 0 Å². The minimum absolute atomic E-state index is 0.0672. The van der Waals surface area contributed by atoms with Crippen molar-refractivity contribution in [2.45, 2.75) is 25.4 Å². The maximum Gasteiger partial charge on any atom is 0.276 e. The van der Waals surface area contributed by atoms with Gasteiger partial charge in [-0.25, -0.2) is 15.0 Å². The minimum Gasteiger partial charge on any atom is -0.485 e. The number of aromatic nitrogens is 3. The van der Waals surface area contributed by atoms with Crippen molar-refractivity contribution < 1.29 is 9.53 Å². The number of pyridine rings is 1. The molecule has 2 fully saturated rings. The molecule has 0 saturated carbocycles. The van der Waals surface area contributed by atoms with E-state index in [1.807, 2.05) is 12.1 Å². The number of ether oxygens (including phenoxy) is 1. The number of amides is 1. The zero-order chi connectivity index (χ0) is 17.9. The lowest BCUT2D eigenvalue weighted by Crippen LogP contribution is -2.32. The van der Waals surface area contributed by atoms with Crippen LogP contribution in [0.2, 0.25) is 0 Å². The molecule has 1 atom stereocenters. The molecule has 4 rings (SSSR count). The Hall–Kier alpha value is -2.90. The number of carbonyl (C=O) groups is 1. The van der Waals surface area contributed by atoms with E-state index in [2.05, 4.69) is 19.9 Å². The van der Waals surface area contributed by atoms with E-state index < -0.39 is 0 Å². The van der Waals surface area contributed by atoms with Gasteiger partial charge in [0, 0.05) is 44.6 Å². The van der Waals surface area contributed by atoms with Gasteiger partial charge in [-0.3, -0.25) is 4.79 Å². The summed E-state index contributed by atoms with van der Waals surface area (Å²) in [7, 11) is 0. The number of nitrogens with zero attached hydrogens (tertiary/aromatic N) is 5. The van der Waals surface area contributed by atoms with Crippen molar-refractivity contribution in [2.75, 3.05) is 36.8 Å². The van der Waals surface area contributed by atoms with Crippen LogP contribution in [0.3, 0.4) is 0 Å². The third-order valence-electron chi connectivity index (χ3n) is 4.81. The van der Waals surface area contributed by atoms with E-state index in [0.29, 0.717) is 13.1 Å². The third-order valence-corrected chi connectivity index (χ3v) is 4.81. The van der Waals surface area contributed by atoms with Gasteiger partial charge in [0.15, 0.2) is 23.1 Å². The van der Waals surface area contributed by atoms with Gasteiger partial charge in [0.25, 0.3) is 5.91 Å². The Morgan fingerprint density at radius 2 is 1.92 bits per heavy atom. The fourth-order valence-corrected chi connectivity index (χ4v) is 3.49. The maximum atomic E-state index is 12.6. The highest BCUT2D eigenvalue weighted by Gasteiger charge is 2.31. The summed E-state index contributed by atoms with van der Waals surface area (Å²) in [5.74, 6) is 1.64. The van der Waals surface area contributed by atoms with E-state index in [1.165, 1.54) is 25.2 Å². The minimum atomic E-state index is -0.201. The largest absolute Gasteiger partial charge is 0.485 e. The molecule has 0 bridgehead atoms. The molecule has 2 aromatic rings. The highest BCUT2D eigenvalue weighted by molar-refractivity contribution is 5.96. The molecule has 26 heavy (non-hydrogen) atoms. The van der Waals surface area contributed by atoms with Crippen molar-refractivity contribution in [2.24, 2.45) is 0 Å². The fraction of sp³-hybridized carbons (Fsp3) is 0.444. The highest BCUT2D eigenvalue weighted by Crippen LogP contribution is 2.30. The van der Waals surface area contributed by atoms with Gasteiger partial charge in [-0.1, -0.05) is 0 Å². The molecule has 2 saturated heterocycles. The second kappa shape index (κ2) is 7.15. The number of nitrogen functional groups attached to an aromatic ring is 1. The number of anilines is 2. The summed E-state index contributed by atoms with van der Waals surface area (Å²) in [5, 5.41) is 0. The van der Waals surface area contributed by atoms with Crippen LogP contribution in [0.4, 0.5) is 11.6 Å². The quantitative estimate of drug-likeness (QED) is 0.885. The first-order valence-corrected chi connectivity index (χ1v) is 8.95. The number of carbonyl (C=O) groups excluding carboxylic acids is 1. The Morgan fingerprint density at radius 3 is 2.73 bits per heavy atom. The first-order chi connectivity index (χ1) is 12.7. The van der Waals surface area contributed by atoms with E-state index in [4.69, 9.17) is 10.5 Å². The zero-order valence-electron chi connectivity index (χ0n) is 14.5. The first-order valence-electron chi connectivity index (χ1n) is 8.95. The lowest BCUT2D eigenvalue weighted by molar-refractivity contribution is 0.0767. The first kappa shape index (κ1) is 16.6. The van der Waals surface area contributed by atoms with Crippen LogP contribution in [0, 0.1) is 0 Å². The predicted molar refractivity (Wildman–Crippen MR) is 97.1 cm³/mol. The number of rotatable bonds is 4. The molecule has 1 amide bonds. The van der Waals surface area contributed by atoms with Crippen molar-refractivity contribution >= 4 is 17.5 Å². The molecule has 2 N–H and O–H groups in total. The van der Waals surface area contributed by atoms with Crippen LogP contribution >= 0.6 is 0 Å². The zero-order valence-corrected chi connectivity index (χ0v) is 14.5. The summed E-state index contributed by atoms with van der Waals surface area (Å²) in [4.78, 5) is 29.1. The van der Waals surface area contributed by atoms with E-state index in [1.54, 1.807) is 11.1 Å². The topological polar surface area (TPSA) is 97.5 Å². The molecule has 0 unspecified atom stereocenters. The van der Waals surface area contributed by atoms with Crippen molar-refractivity contribution in [3.05, 3.63) is 36.4 Å². The van der Waals surface area contributed by atoms with Gasteiger partial charge >= 0.3 is 0 Å². The standard InChI is InChI=1S/C18H22N6O2/c19-16-15(20-7-8-21-16)18(25)24-11-5-13(12-24)26-14-4-3-6-22-17(14)23-9-1-2-10-23/h3-4,6-8,13H,1-2,5,9-12H2,(H2,19,21)/t13-/m1/s1. The average Bonchev–Trinajstić information content (AvgIpc) is 3.34. The lowest BCUT2D eigenvalue weighted by atomic mass is 10.3. The van der Waals surface area contributed by atoms with Gasteiger partial charge in [0.05, 0.1) is 6.54 Å². The lowest BCUT2D eigenvalue weighted by Gasteiger charge is -2.22.